The minimum absolute atomic E-state index is 0.0999. The molecule has 7 nitrogen and oxygen atoms in total. The van der Waals surface area contributed by atoms with Gasteiger partial charge in [-0.3, -0.25) is 9.59 Å². The molecule has 8 heteroatoms. The highest BCUT2D eigenvalue weighted by atomic mass is 32.2. The van der Waals surface area contributed by atoms with Crippen LogP contribution in [0.1, 0.15) is 15.9 Å². The average Bonchev–Trinajstić information content (AvgIpc) is 2.70. The third-order valence-electron chi connectivity index (χ3n) is 3.77. The van der Waals surface area contributed by atoms with E-state index < -0.39 is 15.7 Å². The summed E-state index contributed by atoms with van der Waals surface area (Å²) in [6, 6.07) is 15.0. The van der Waals surface area contributed by atoms with Crippen molar-refractivity contribution in [3.63, 3.8) is 0 Å². The molecular formula is C19H22N2O5S. The fraction of sp³-hybridized carbons (Fsp3) is 0.263. The van der Waals surface area contributed by atoms with Crippen LogP contribution in [0.5, 0.6) is 0 Å². The van der Waals surface area contributed by atoms with E-state index in [1.165, 1.54) is 31.4 Å². The number of amides is 2. The van der Waals surface area contributed by atoms with Crippen molar-refractivity contribution < 1.29 is 22.7 Å². The monoisotopic (exact) mass is 390 g/mol. The molecule has 0 saturated carbocycles. The second kappa shape index (κ2) is 9.84. The number of sulfone groups is 1. The van der Waals surface area contributed by atoms with Gasteiger partial charge in [0.1, 0.15) is 0 Å². The SMILES string of the molecule is COCCS(=O)(=O)c1ccc(C(=O)NCC(=O)NCc2ccccc2)cc1. The first-order valence-corrected chi connectivity index (χ1v) is 9.98. The quantitative estimate of drug-likeness (QED) is 0.669. The highest BCUT2D eigenvalue weighted by Gasteiger charge is 2.15. The Morgan fingerprint density at radius 3 is 2.26 bits per heavy atom. The molecule has 0 saturated heterocycles. The summed E-state index contributed by atoms with van der Waals surface area (Å²) in [6.07, 6.45) is 0. The number of methoxy groups -OCH3 is 1. The van der Waals surface area contributed by atoms with Crippen molar-refractivity contribution in [3.05, 3.63) is 65.7 Å². The van der Waals surface area contributed by atoms with E-state index in [-0.39, 0.29) is 35.3 Å². The summed E-state index contributed by atoms with van der Waals surface area (Å²) in [7, 11) is -2.02. The Bertz CT molecular complexity index is 865. The highest BCUT2D eigenvalue weighted by Crippen LogP contribution is 2.12. The third kappa shape index (κ3) is 6.50. The Kier molecular flexibility index (Phi) is 7.51. The number of carbonyl (C=O) groups is 2. The zero-order valence-electron chi connectivity index (χ0n) is 15.0. The van der Waals surface area contributed by atoms with Crippen LogP contribution in [0.4, 0.5) is 0 Å². The van der Waals surface area contributed by atoms with Gasteiger partial charge in [-0.1, -0.05) is 30.3 Å². The molecule has 0 aliphatic rings. The van der Waals surface area contributed by atoms with Crippen molar-refractivity contribution in [1.29, 1.82) is 0 Å². The molecular weight excluding hydrogens is 368 g/mol. The number of benzene rings is 2. The van der Waals surface area contributed by atoms with Crippen LogP contribution in [0.2, 0.25) is 0 Å². The lowest BCUT2D eigenvalue weighted by molar-refractivity contribution is -0.120. The molecule has 0 heterocycles. The van der Waals surface area contributed by atoms with Gasteiger partial charge < -0.3 is 15.4 Å². The Morgan fingerprint density at radius 2 is 1.63 bits per heavy atom. The van der Waals surface area contributed by atoms with Crippen molar-refractivity contribution >= 4 is 21.7 Å². The molecule has 0 atom stereocenters. The van der Waals surface area contributed by atoms with Crippen LogP contribution in [-0.2, 0) is 25.9 Å². The van der Waals surface area contributed by atoms with Crippen LogP contribution in [0, 0.1) is 0 Å². The fourth-order valence-electron chi connectivity index (χ4n) is 2.25. The zero-order chi connectivity index (χ0) is 19.7. The predicted molar refractivity (Wildman–Crippen MR) is 101 cm³/mol. The molecule has 2 N–H and O–H groups in total. The number of carbonyl (C=O) groups excluding carboxylic acids is 2. The summed E-state index contributed by atoms with van der Waals surface area (Å²) in [4.78, 5) is 24.0. The normalized spacial score (nSPS) is 11.0. The lowest BCUT2D eigenvalue weighted by atomic mass is 10.2. The molecule has 2 aromatic rings. The van der Waals surface area contributed by atoms with Crippen LogP contribution >= 0.6 is 0 Å². The van der Waals surface area contributed by atoms with Gasteiger partial charge in [-0.15, -0.1) is 0 Å². The van der Waals surface area contributed by atoms with Gasteiger partial charge in [-0.2, -0.15) is 0 Å². The first-order chi connectivity index (χ1) is 12.9. The molecule has 0 fully saturated rings. The molecule has 2 rings (SSSR count). The molecule has 144 valence electrons. The molecule has 0 bridgehead atoms. The Balaban J connectivity index is 1.84. The van der Waals surface area contributed by atoms with E-state index in [1.807, 2.05) is 30.3 Å². The molecule has 0 radical (unpaired) electrons. The van der Waals surface area contributed by atoms with Crippen molar-refractivity contribution in [1.82, 2.24) is 10.6 Å². The van der Waals surface area contributed by atoms with E-state index in [0.717, 1.165) is 5.56 Å². The molecule has 0 aliphatic heterocycles. The van der Waals surface area contributed by atoms with Gasteiger partial charge in [-0.25, -0.2) is 8.42 Å². The van der Waals surface area contributed by atoms with Crippen molar-refractivity contribution in [2.45, 2.75) is 11.4 Å². The van der Waals surface area contributed by atoms with E-state index >= 15 is 0 Å². The number of hydrogen-bond donors (Lipinski definition) is 2. The predicted octanol–water partition coefficient (Wildman–Crippen LogP) is 1.15. The van der Waals surface area contributed by atoms with E-state index in [0.29, 0.717) is 6.54 Å². The van der Waals surface area contributed by atoms with Crippen LogP contribution in [0.25, 0.3) is 0 Å². The van der Waals surface area contributed by atoms with Crippen molar-refractivity contribution in [2.24, 2.45) is 0 Å². The minimum Gasteiger partial charge on any atom is -0.384 e. The Hall–Kier alpha value is -2.71. The Labute approximate surface area is 158 Å². The lowest BCUT2D eigenvalue weighted by Gasteiger charge is -2.08. The Morgan fingerprint density at radius 1 is 0.963 bits per heavy atom. The van der Waals surface area contributed by atoms with E-state index in [9.17, 15) is 18.0 Å². The van der Waals surface area contributed by atoms with Gasteiger partial charge >= 0.3 is 0 Å². The van der Waals surface area contributed by atoms with Gasteiger partial charge in [0.15, 0.2) is 9.84 Å². The highest BCUT2D eigenvalue weighted by molar-refractivity contribution is 7.91. The first kappa shape index (κ1) is 20.6. The van der Waals surface area contributed by atoms with Crippen molar-refractivity contribution in [2.75, 3.05) is 26.0 Å². The lowest BCUT2D eigenvalue weighted by Crippen LogP contribution is -2.36. The number of rotatable bonds is 9. The van der Waals surface area contributed by atoms with Crippen LogP contribution in [-0.4, -0.2) is 46.2 Å². The third-order valence-corrected chi connectivity index (χ3v) is 5.47. The molecule has 0 aromatic heterocycles. The van der Waals surface area contributed by atoms with E-state index in [2.05, 4.69) is 10.6 Å². The molecule has 0 spiro atoms. The molecule has 0 aliphatic carbocycles. The van der Waals surface area contributed by atoms with Gasteiger partial charge in [0.05, 0.1) is 23.8 Å². The second-order valence-corrected chi connectivity index (χ2v) is 7.89. The summed E-state index contributed by atoms with van der Waals surface area (Å²) in [5, 5.41) is 5.22. The second-order valence-electron chi connectivity index (χ2n) is 5.78. The van der Waals surface area contributed by atoms with Crippen molar-refractivity contribution in [3.8, 4) is 0 Å². The molecule has 0 unspecified atom stereocenters. The van der Waals surface area contributed by atoms with Crippen LogP contribution in [0.3, 0.4) is 0 Å². The average molecular weight is 390 g/mol. The number of nitrogens with one attached hydrogen (secondary N) is 2. The maximum absolute atomic E-state index is 12.1. The van der Waals surface area contributed by atoms with Crippen LogP contribution < -0.4 is 10.6 Å². The summed E-state index contributed by atoms with van der Waals surface area (Å²) >= 11 is 0. The molecule has 2 amide bonds. The number of hydrogen-bond acceptors (Lipinski definition) is 5. The maximum atomic E-state index is 12.1. The molecule has 27 heavy (non-hydrogen) atoms. The smallest absolute Gasteiger partial charge is 0.251 e. The maximum Gasteiger partial charge on any atom is 0.251 e. The standard InChI is InChI=1S/C19H22N2O5S/c1-26-11-12-27(24,25)17-9-7-16(8-10-17)19(23)21-14-18(22)20-13-15-5-3-2-4-6-15/h2-10H,11-14H2,1H3,(H,20,22)(H,21,23). The summed E-state index contributed by atoms with van der Waals surface area (Å²) in [5.74, 6) is -0.895. The van der Waals surface area contributed by atoms with Gasteiger partial charge in [0.2, 0.25) is 5.91 Å². The largest absolute Gasteiger partial charge is 0.384 e. The van der Waals surface area contributed by atoms with Gasteiger partial charge in [0, 0.05) is 19.2 Å². The summed E-state index contributed by atoms with van der Waals surface area (Å²) < 4.78 is 28.9. The first-order valence-electron chi connectivity index (χ1n) is 8.33. The van der Waals surface area contributed by atoms with E-state index in [4.69, 9.17) is 4.74 Å². The van der Waals surface area contributed by atoms with E-state index in [1.54, 1.807) is 0 Å². The molecule has 2 aromatic carbocycles. The van der Waals surface area contributed by atoms with Gasteiger partial charge in [-0.05, 0) is 29.8 Å². The zero-order valence-corrected chi connectivity index (χ0v) is 15.8. The topological polar surface area (TPSA) is 102 Å². The summed E-state index contributed by atoms with van der Waals surface area (Å²) in [6.45, 7) is 0.311. The minimum atomic E-state index is -3.45. The fourth-order valence-corrected chi connectivity index (χ4v) is 3.42. The van der Waals surface area contributed by atoms with Crippen LogP contribution in [0.15, 0.2) is 59.5 Å². The van der Waals surface area contributed by atoms with Gasteiger partial charge in [0.25, 0.3) is 5.91 Å². The summed E-state index contributed by atoms with van der Waals surface area (Å²) in [5.41, 5.74) is 1.24. The number of ether oxygens (including phenoxy) is 1.